The zero-order valence-electron chi connectivity index (χ0n) is 12.7. The molecule has 2 aromatic heterocycles. The van der Waals surface area contributed by atoms with Gasteiger partial charge < -0.3 is 14.6 Å². The lowest BCUT2D eigenvalue weighted by Crippen LogP contribution is -2.30. The van der Waals surface area contributed by atoms with E-state index in [-0.39, 0.29) is 6.10 Å². The average Bonchev–Trinajstić information content (AvgIpc) is 3.14. The number of nitrogens with one attached hydrogen (secondary N) is 1. The van der Waals surface area contributed by atoms with Crippen LogP contribution >= 0.6 is 0 Å². The van der Waals surface area contributed by atoms with Crippen LogP contribution in [0.25, 0.3) is 0 Å². The molecule has 0 spiro atoms. The zero-order chi connectivity index (χ0) is 14.7. The zero-order valence-corrected chi connectivity index (χ0v) is 12.7. The highest BCUT2D eigenvalue weighted by Crippen LogP contribution is 2.32. The normalized spacial score (nSPS) is 22.4. The Balaban J connectivity index is 1.66. The first kappa shape index (κ1) is 14.1. The standard InChI is InChI=1S/C15H23N5O/c1-3-20-11-13(10-18-20)17-9-12-5-4-8-21-14(12)15-16-6-7-19(15)2/h6-7,10-12,14,17H,3-5,8-9H2,1-2H3/t12-,14+/m0/s1. The van der Waals surface area contributed by atoms with Gasteiger partial charge in [-0.2, -0.15) is 5.10 Å². The summed E-state index contributed by atoms with van der Waals surface area (Å²) in [6.45, 7) is 4.68. The highest BCUT2D eigenvalue weighted by atomic mass is 16.5. The summed E-state index contributed by atoms with van der Waals surface area (Å²) in [4.78, 5) is 4.46. The lowest BCUT2D eigenvalue weighted by Gasteiger charge is -2.31. The molecule has 1 aliphatic rings. The van der Waals surface area contributed by atoms with Gasteiger partial charge in [0.05, 0.1) is 11.9 Å². The highest BCUT2D eigenvalue weighted by molar-refractivity contribution is 5.38. The van der Waals surface area contributed by atoms with Crippen molar-refractivity contribution in [2.45, 2.75) is 32.4 Å². The fourth-order valence-corrected chi connectivity index (χ4v) is 2.87. The molecule has 21 heavy (non-hydrogen) atoms. The maximum absolute atomic E-state index is 5.99. The van der Waals surface area contributed by atoms with Gasteiger partial charge in [0.25, 0.3) is 0 Å². The van der Waals surface area contributed by atoms with E-state index in [2.05, 4.69) is 26.9 Å². The minimum atomic E-state index is 0.0764. The van der Waals surface area contributed by atoms with Crippen LogP contribution in [-0.4, -0.2) is 32.5 Å². The second kappa shape index (κ2) is 6.30. The van der Waals surface area contributed by atoms with Crippen molar-refractivity contribution in [2.24, 2.45) is 13.0 Å². The molecule has 0 aliphatic carbocycles. The molecule has 1 N–H and O–H groups in total. The van der Waals surface area contributed by atoms with Gasteiger partial charge >= 0.3 is 0 Å². The summed E-state index contributed by atoms with van der Waals surface area (Å²) in [6, 6.07) is 0. The molecule has 3 rings (SSSR count). The van der Waals surface area contributed by atoms with Gasteiger partial charge in [0.1, 0.15) is 11.9 Å². The van der Waals surface area contributed by atoms with Gasteiger partial charge in [0, 0.05) is 51.3 Å². The van der Waals surface area contributed by atoms with E-state index >= 15 is 0 Å². The summed E-state index contributed by atoms with van der Waals surface area (Å²) >= 11 is 0. The largest absolute Gasteiger partial charge is 0.382 e. The fraction of sp³-hybridized carbons (Fsp3) is 0.600. The number of hydrogen-bond donors (Lipinski definition) is 1. The molecule has 0 radical (unpaired) electrons. The second-order valence-corrected chi connectivity index (χ2v) is 5.56. The van der Waals surface area contributed by atoms with Crippen LogP contribution in [0, 0.1) is 5.92 Å². The number of hydrogen-bond acceptors (Lipinski definition) is 4. The van der Waals surface area contributed by atoms with Crippen molar-refractivity contribution in [3.05, 3.63) is 30.6 Å². The van der Waals surface area contributed by atoms with Gasteiger partial charge in [-0.05, 0) is 19.8 Å². The molecule has 1 fully saturated rings. The highest BCUT2D eigenvalue weighted by Gasteiger charge is 2.30. The van der Waals surface area contributed by atoms with Crippen LogP contribution in [0.15, 0.2) is 24.8 Å². The minimum absolute atomic E-state index is 0.0764. The topological polar surface area (TPSA) is 56.9 Å². The molecule has 114 valence electrons. The molecule has 0 aromatic carbocycles. The molecule has 0 unspecified atom stereocenters. The predicted molar refractivity (Wildman–Crippen MR) is 81.0 cm³/mol. The van der Waals surface area contributed by atoms with E-state index in [1.165, 1.54) is 0 Å². The molecule has 3 heterocycles. The number of rotatable bonds is 5. The van der Waals surface area contributed by atoms with Crippen molar-refractivity contribution < 1.29 is 4.74 Å². The van der Waals surface area contributed by atoms with E-state index in [4.69, 9.17) is 4.74 Å². The van der Waals surface area contributed by atoms with Crippen molar-refractivity contribution in [3.8, 4) is 0 Å². The van der Waals surface area contributed by atoms with E-state index in [9.17, 15) is 0 Å². The fourth-order valence-electron chi connectivity index (χ4n) is 2.87. The Hall–Kier alpha value is -1.82. The van der Waals surface area contributed by atoms with E-state index in [0.717, 1.165) is 44.0 Å². The van der Waals surface area contributed by atoms with Gasteiger partial charge in [0.2, 0.25) is 0 Å². The summed E-state index contributed by atoms with van der Waals surface area (Å²) < 4.78 is 9.97. The third-order valence-corrected chi connectivity index (χ3v) is 4.08. The Morgan fingerprint density at radius 1 is 1.48 bits per heavy atom. The van der Waals surface area contributed by atoms with Gasteiger partial charge in [-0.15, -0.1) is 0 Å². The monoisotopic (exact) mass is 289 g/mol. The van der Waals surface area contributed by atoms with E-state index in [1.54, 1.807) is 0 Å². The number of aryl methyl sites for hydroxylation is 2. The van der Waals surface area contributed by atoms with Crippen LogP contribution in [0.5, 0.6) is 0 Å². The molecule has 0 amide bonds. The number of anilines is 1. The SMILES string of the molecule is CCn1cc(NC[C@@H]2CCCO[C@H]2c2nccn2C)cn1. The Morgan fingerprint density at radius 3 is 3.10 bits per heavy atom. The molecule has 6 heteroatoms. The Kier molecular flexibility index (Phi) is 4.24. The Bertz CT molecular complexity index is 576. The van der Waals surface area contributed by atoms with Crippen LogP contribution in [0.1, 0.15) is 31.7 Å². The third kappa shape index (κ3) is 3.10. The van der Waals surface area contributed by atoms with Crippen LogP contribution in [0.2, 0.25) is 0 Å². The summed E-state index contributed by atoms with van der Waals surface area (Å²) in [6.07, 6.45) is 10.1. The first-order valence-electron chi connectivity index (χ1n) is 7.63. The van der Waals surface area contributed by atoms with E-state index in [0.29, 0.717) is 5.92 Å². The lowest BCUT2D eigenvalue weighted by molar-refractivity contribution is -0.0304. The van der Waals surface area contributed by atoms with Crippen LogP contribution in [0.4, 0.5) is 5.69 Å². The van der Waals surface area contributed by atoms with Gasteiger partial charge in [-0.3, -0.25) is 4.68 Å². The quantitative estimate of drug-likeness (QED) is 0.917. The third-order valence-electron chi connectivity index (χ3n) is 4.08. The minimum Gasteiger partial charge on any atom is -0.382 e. The molecule has 2 atom stereocenters. The lowest BCUT2D eigenvalue weighted by atomic mass is 9.93. The van der Waals surface area contributed by atoms with E-state index in [1.807, 2.05) is 36.5 Å². The summed E-state index contributed by atoms with van der Waals surface area (Å²) in [5, 5.41) is 7.77. The maximum Gasteiger partial charge on any atom is 0.138 e. The maximum atomic E-state index is 5.99. The number of aromatic nitrogens is 4. The van der Waals surface area contributed by atoms with Gasteiger partial charge in [0.15, 0.2) is 0 Å². The van der Waals surface area contributed by atoms with Crippen LogP contribution in [0.3, 0.4) is 0 Å². The van der Waals surface area contributed by atoms with Crippen LogP contribution < -0.4 is 5.32 Å². The Labute approximate surface area is 125 Å². The molecular weight excluding hydrogens is 266 g/mol. The molecule has 6 nitrogen and oxygen atoms in total. The number of nitrogens with zero attached hydrogens (tertiary/aromatic N) is 4. The number of ether oxygens (including phenoxy) is 1. The van der Waals surface area contributed by atoms with Crippen molar-refractivity contribution in [1.82, 2.24) is 19.3 Å². The molecular formula is C15H23N5O. The van der Waals surface area contributed by atoms with Gasteiger partial charge in [-0.1, -0.05) is 0 Å². The Morgan fingerprint density at radius 2 is 2.38 bits per heavy atom. The van der Waals surface area contributed by atoms with Crippen molar-refractivity contribution in [3.63, 3.8) is 0 Å². The van der Waals surface area contributed by atoms with Crippen LogP contribution in [-0.2, 0) is 18.3 Å². The molecule has 1 aliphatic heterocycles. The van der Waals surface area contributed by atoms with Crippen molar-refractivity contribution >= 4 is 5.69 Å². The smallest absolute Gasteiger partial charge is 0.138 e. The molecule has 1 saturated heterocycles. The first-order chi connectivity index (χ1) is 10.3. The average molecular weight is 289 g/mol. The summed E-state index contributed by atoms with van der Waals surface area (Å²) in [7, 11) is 2.02. The molecule has 0 bridgehead atoms. The van der Waals surface area contributed by atoms with Crippen molar-refractivity contribution in [1.29, 1.82) is 0 Å². The van der Waals surface area contributed by atoms with Gasteiger partial charge in [-0.25, -0.2) is 4.98 Å². The predicted octanol–water partition coefficient (Wildman–Crippen LogP) is 2.22. The first-order valence-corrected chi connectivity index (χ1v) is 7.63. The summed E-state index contributed by atoms with van der Waals surface area (Å²) in [5.74, 6) is 1.45. The van der Waals surface area contributed by atoms with Crippen molar-refractivity contribution in [2.75, 3.05) is 18.5 Å². The summed E-state index contributed by atoms with van der Waals surface area (Å²) in [5.41, 5.74) is 1.07. The molecule has 2 aromatic rings. The number of imidazole rings is 1. The molecule has 0 saturated carbocycles. The van der Waals surface area contributed by atoms with E-state index < -0.39 is 0 Å². The second-order valence-electron chi connectivity index (χ2n) is 5.56.